The highest BCUT2D eigenvalue weighted by Crippen LogP contribution is 2.29. The van der Waals surface area contributed by atoms with E-state index in [2.05, 4.69) is 4.98 Å². The van der Waals surface area contributed by atoms with Crippen LogP contribution >= 0.6 is 0 Å². The number of anilines is 1. The predicted molar refractivity (Wildman–Crippen MR) is 97.0 cm³/mol. The average molecular weight is 449 g/mol. The summed E-state index contributed by atoms with van der Waals surface area (Å²) < 4.78 is 85.9. The molecule has 12 heteroatoms. The number of pyridine rings is 1. The van der Waals surface area contributed by atoms with Crippen molar-refractivity contribution in [2.45, 2.75) is 16.8 Å². The van der Waals surface area contributed by atoms with Crippen molar-refractivity contribution in [2.24, 2.45) is 0 Å². The van der Waals surface area contributed by atoms with Gasteiger partial charge in [0.05, 0.1) is 10.5 Å². The number of carbonyl (C=O) groups is 1. The fourth-order valence-corrected chi connectivity index (χ4v) is 3.67. The van der Waals surface area contributed by atoms with Gasteiger partial charge in [0.25, 0.3) is 5.91 Å². The third-order valence-electron chi connectivity index (χ3n) is 4.63. The van der Waals surface area contributed by atoms with E-state index >= 15 is 0 Å². The molecule has 0 radical (unpaired) electrons. The number of piperazine rings is 1. The Labute approximate surface area is 168 Å². The summed E-state index contributed by atoms with van der Waals surface area (Å²) in [6, 6.07) is 6.45. The average Bonchev–Trinajstić information content (AvgIpc) is 2.73. The van der Waals surface area contributed by atoms with Crippen LogP contribution in [-0.2, 0) is 16.0 Å². The van der Waals surface area contributed by atoms with Crippen molar-refractivity contribution in [1.82, 2.24) is 9.88 Å². The lowest BCUT2D eigenvalue weighted by atomic mass is 10.2. The summed E-state index contributed by atoms with van der Waals surface area (Å²) in [5.41, 5.74) is -0.707. The topological polar surface area (TPSA) is 70.6 Å². The maximum absolute atomic E-state index is 12.6. The second-order valence-corrected chi connectivity index (χ2v) is 8.43. The van der Waals surface area contributed by atoms with Crippen molar-refractivity contribution in [2.75, 3.05) is 31.1 Å². The summed E-state index contributed by atoms with van der Waals surface area (Å²) in [6.45, 7) is 1.20. The summed E-state index contributed by atoms with van der Waals surface area (Å²) >= 11 is 0. The standard InChI is InChI=1S/C18H16F5N3O3S/c19-17(20)30(28,29)14-4-1-12(2-5-14)16(27)26-9-7-25(8-10-26)15-6-3-13(11-24-15)18(21,22)23/h1-6,11,17H,7-10H2. The number of sulfone groups is 1. The van der Waals surface area contributed by atoms with Gasteiger partial charge >= 0.3 is 11.9 Å². The van der Waals surface area contributed by atoms with Crippen LogP contribution in [-0.4, -0.2) is 56.1 Å². The molecule has 0 N–H and O–H groups in total. The quantitative estimate of drug-likeness (QED) is 0.672. The molecule has 6 nitrogen and oxygen atoms in total. The maximum atomic E-state index is 12.6. The van der Waals surface area contributed by atoms with Crippen molar-refractivity contribution in [3.8, 4) is 0 Å². The van der Waals surface area contributed by atoms with Crippen LogP contribution < -0.4 is 4.90 Å². The van der Waals surface area contributed by atoms with Crippen LogP contribution in [0.3, 0.4) is 0 Å². The van der Waals surface area contributed by atoms with E-state index in [9.17, 15) is 35.2 Å². The Morgan fingerprint density at radius 1 is 0.967 bits per heavy atom. The molecule has 1 aliphatic rings. The molecule has 1 fully saturated rings. The highest BCUT2D eigenvalue weighted by Gasteiger charge is 2.31. The van der Waals surface area contributed by atoms with Gasteiger partial charge in [-0.3, -0.25) is 4.79 Å². The molecule has 1 aliphatic heterocycles. The number of aromatic nitrogens is 1. The lowest BCUT2D eigenvalue weighted by Crippen LogP contribution is -2.49. The molecule has 1 aromatic carbocycles. The van der Waals surface area contributed by atoms with E-state index in [0.717, 1.165) is 24.4 Å². The molecule has 1 amide bonds. The second-order valence-electron chi connectivity index (χ2n) is 6.51. The minimum absolute atomic E-state index is 0.143. The Bertz CT molecular complexity index is 1000. The van der Waals surface area contributed by atoms with Crippen LogP contribution in [0.4, 0.5) is 27.8 Å². The Morgan fingerprint density at radius 2 is 1.57 bits per heavy atom. The van der Waals surface area contributed by atoms with Gasteiger partial charge in [0.15, 0.2) is 0 Å². The van der Waals surface area contributed by atoms with E-state index in [0.29, 0.717) is 18.9 Å². The van der Waals surface area contributed by atoms with E-state index in [1.807, 2.05) is 0 Å². The third-order valence-corrected chi connectivity index (χ3v) is 6.03. The summed E-state index contributed by atoms with van der Waals surface area (Å²) in [5, 5.41) is 0. The number of alkyl halides is 5. The summed E-state index contributed by atoms with van der Waals surface area (Å²) in [5.74, 6) is -3.60. The Kier molecular flexibility index (Phi) is 5.97. The van der Waals surface area contributed by atoms with Gasteiger partial charge in [-0.2, -0.15) is 22.0 Å². The number of halogens is 5. The van der Waals surface area contributed by atoms with Crippen LogP contribution in [0.2, 0.25) is 0 Å². The number of rotatable bonds is 4. The van der Waals surface area contributed by atoms with E-state index in [-0.39, 0.29) is 18.7 Å². The number of carbonyl (C=O) groups excluding carboxylic acids is 1. The molecule has 0 atom stereocenters. The summed E-state index contributed by atoms with van der Waals surface area (Å²) in [6.07, 6.45) is -3.72. The predicted octanol–water partition coefficient (Wildman–Crippen LogP) is 3.06. The maximum Gasteiger partial charge on any atom is 0.417 e. The van der Waals surface area contributed by atoms with E-state index in [1.165, 1.54) is 23.1 Å². The Morgan fingerprint density at radius 3 is 2.03 bits per heavy atom. The fourth-order valence-electron chi connectivity index (χ4n) is 2.95. The zero-order valence-corrected chi connectivity index (χ0v) is 16.1. The first-order chi connectivity index (χ1) is 14.0. The number of benzene rings is 1. The van der Waals surface area contributed by atoms with E-state index < -0.39 is 38.1 Å². The van der Waals surface area contributed by atoms with Gasteiger partial charge in [-0.05, 0) is 36.4 Å². The highest BCUT2D eigenvalue weighted by molar-refractivity contribution is 7.91. The number of nitrogens with zero attached hydrogens (tertiary/aromatic N) is 3. The lowest BCUT2D eigenvalue weighted by molar-refractivity contribution is -0.137. The molecule has 1 saturated heterocycles. The number of amides is 1. The zero-order chi connectivity index (χ0) is 22.1. The molecule has 0 bridgehead atoms. The van der Waals surface area contributed by atoms with Gasteiger partial charge in [-0.15, -0.1) is 0 Å². The van der Waals surface area contributed by atoms with Crippen molar-refractivity contribution in [1.29, 1.82) is 0 Å². The Balaban J connectivity index is 1.63. The molecule has 0 saturated carbocycles. The molecule has 0 spiro atoms. The largest absolute Gasteiger partial charge is 0.417 e. The third kappa shape index (κ3) is 4.53. The molecule has 30 heavy (non-hydrogen) atoms. The van der Waals surface area contributed by atoms with Gasteiger partial charge in [-0.1, -0.05) is 0 Å². The lowest BCUT2D eigenvalue weighted by Gasteiger charge is -2.35. The molecule has 162 valence electrons. The first kappa shape index (κ1) is 21.9. The summed E-state index contributed by atoms with van der Waals surface area (Å²) in [7, 11) is -4.74. The van der Waals surface area contributed by atoms with Crippen molar-refractivity contribution in [3.63, 3.8) is 0 Å². The molecular weight excluding hydrogens is 433 g/mol. The van der Waals surface area contributed by atoms with Gasteiger partial charge in [-0.25, -0.2) is 13.4 Å². The van der Waals surface area contributed by atoms with Crippen LogP contribution in [0.25, 0.3) is 0 Å². The fraction of sp³-hybridized carbons (Fsp3) is 0.333. The van der Waals surface area contributed by atoms with Crippen molar-refractivity contribution < 1.29 is 35.2 Å². The van der Waals surface area contributed by atoms with Crippen LogP contribution in [0, 0.1) is 0 Å². The SMILES string of the molecule is O=C(c1ccc(S(=O)(=O)C(F)F)cc1)N1CCN(c2ccc(C(F)(F)F)cn2)CC1. The highest BCUT2D eigenvalue weighted by atomic mass is 32.2. The monoisotopic (exact) mass is 449 g/mol. The molecule has 2 aromatic rings. The van der Waals surface area contributed by atoms with Crippen molar-refractivity contribution in [3.05, 3.63) is 53.7 Å². The van der Waals surface area contributed by atoms with Crippen LogP contribution in [0.5, 0.6) is 0 Å². The molecular formula is C18H16F5N3O3S. The zero-order valence-electron chi connectivity index (χ0n) is 15.3. The normalized spacial score (nSPS) is 15.5. The van der Waals surface area contributed by atoms with Crippen molar-refractivity contribution >= 4 is 21.6 Å². The van der Waals surface area contributed by atoms with Gasteiger partial charge in [0, 0.05) is 37.9 Å². The first-order valence-electron chi connectivity index (χ1n) is 8.70. The van der Waals surface area contributed by atoms with E-state index in [4.69, 9.17) is 0 Å². The molecule has 0 aliphatic carbocycles. The van der Waals surface area contributed by atoms with Gasteiger partial charge < -0.3 is 9.80 Å². The van der Waals surface area contributed by atoms with Crippen LogP contribution in [0.1, 0.15) is 15.9 Å². The minimum Gasteiger partial charge on any atom is -0.353 e. The summed E-state index contributed by atoms with van der Waals surface area (Å²) in [4.78, 5) is 19.0. The van der Waals surface area contributed by atoms with E-state index in [1.54, 1.807) is 4.90 Å². The number of hydrogen-bond acceptors (Lipinski definition) is 5. The number of hydrogen-bond donors (Lipinski definition) is 0. The molecule has 2 heterocycles. The van der Waals surface area contributed by atoms with Crippen LogP contribution in [0.15, 0.2) is 47.5 Å². The molecule has 1 aromatic heterocycles. The van der Waals surface area contributed by atoms with Gasteiger partial charge in [0.2, 0.25) is 9.84 Å². The first-order valence-corrected chi connectivity index (χ1v) is 10.2. The second kappa shape index (κ2) is 8.17. The minimum atomic E-state index is -4.74. The molecule has 3 rings (SSSR count). The Hall–Kier alpha value is -2.76. The van der Waals surface area contributed by atoms with Gasteiger partial charge in [0.1, 0.15) is 5.82 Å². The smallest absolute Gasteiger partial charge is 0.353 e. The molecule has 0 unspecified atom stereocenters.